The number of ether oxygens (including phenoxy) is 2. The monoisotopic (exact) mass is 511 g/mol. The zero-order valence-corrected chi connectivity index (χ0v) is 19.9. The summed E-state index contributed by atoms with van der Waals surface area (Å²) in [6.45, 7) is 0.922. The predicted octanol–water partition coefficient (Wildman–Crippen LogP) is -3.11. The summed E-state index contributed by atoms with van der Waals surface area (Å²) in [6, 6.07) is -0.624. The third-order valence-electron chi connectivity index (χ3n) is 5.60. The molecule has 0 aromatic rings. The van der Waals surface area contributed by atoms with Crippen LogP contribution in [-0.2, 0) is 9.47 Å². The molecular weight excluding hydrogens is 470 g/mol. The van der Waals surface area contributed by atoms with Gasteiger partial charge in [-0.2, -0.15) is 5.10 Å². The van der Waals surface area contributed by atoms with E-state index >= 15 is 0 Å². The molecule has 35 heavy (non-hydrogen) atoms. The lowest BCUT2D eigenvalue weighted by Crippen LogP contribution is -2.61. The van der Waals surface area contributed by atoms with Crippen molar-refractivity contribution in [2.75, 3.05) is 19.8 Å². The lowest BCUT2D eigenvalue weighted by Gasteiger charge is -2.42. The van der Waals surface area contributed by atoms with Crippen LogP contribution >= 0.6 is 0 Å². The van der Waals surface area contributed by atoms with Crippen LogP contribution in [0.15, 0.2) is 5.10 Å². The highest BCUT2D eigenvalue weighted by Gasteiger charge is 2.46. The normalized spacial score (nSPS) is 28.4. The van der Waals surface area contributed by atoms with E-state index < -0.39 is 74.4 Å². The minimum Gasteiger partial charge on any atom is -0.394 e. The minimum absolute atomic E-state index is 0.441. The molecule has 2 amide bonds. The molecule has 0 aromatic carbocycles. The van der Waals surface area contributed by atoms with E-state index in [9.17, 15) is 45.6 Å². The van der Waals surface area contributed by atoms with Gasteiger partial charge >= 0.3 is 6.03 Å². The summed E-state index contributed by atoms with van der Waals surface area (Å²) in [5, 5.41) is 85.0. The second kappa shape index (κ2) is 17.1. The van der Waals surface area contributed by atoms with Gasteiger partial charge in [0.15, 0.2) is 6.29 Å². The van der Waals surface area contributed by atoms with Crippen molar-refractivity contribution < 1.29 is 55.1 Å². The molecule has 0 spiro atoms. The Bertz CT molecular complexity index is 613. The summed E-state index contributed by atoms with van der Waals surface area (Å²) in [6.07, 6.45) is -8.45. The number of aliphatic hydroxyl groups is 8. The standard InChI is InChI=1S/C21H41N3O11/c1-2-3-4-5-6-7-8-22-21(33)24-23-9-12(27)15(29)19(13(28)10-25)35-20-18(32)17(31)16(30)14(11-26)34-20/h9,12-20,25-32H,2-8,10-11H2,1H3,(H2,22,24,33)/b23-9+/t12-,13+,14+,15+,16+,17-,18+,19+,20+/m0/s1. The van der Waals surface area contributed by atoms with E-state index in [0.29, 0.717) is 6.54 Å². The van der Waals surface area contributed by atoms with Crippen LogP contribution in [-0.4, -0.2) is 128 Å². The smallest absolute Gasteiger partial charge is 0.335 e. The molecule has 9 atom stereocenters. The van der Waals surface area contributed by atoms with Crippen LogP contribution < -0.4 is 10.7 Å². The van der Waals surface area contributed by atoms with Gasteiger partial charge in [0.2, 0.25) is 0 Å². The van der Waals surface area contributed by atoms with Gasteiger partial charge in [-0.3, -0.25) is 0 Å². The quantitative estimate of drug-likeness (QED) is 0.0566. The van der Waals surface area contributed by atoms with Gasteiger partial charge in [-0.1, -0.05) is 39.0 Å². The van der Waals surface area contributed by atoms with Crippen LogP contribution in [0.4, 0.5) is 4.79 Å². The van der Waals surface area contributed by atoms with Gasteiger partial charge < -0.3 is 55.6 Å². The molecule has 0 aliphatic carbocycles. The Balaban J connectivity index is 2.59. The highest BCUT2D eigenvalue weighted by atomic mass is 16.7. The van der Waals surface area contributed by atoms with Gasteiger partial charge in [0.05, 0.1) is 19.4 Å². The highest BCUT2D eigenvalue weighted by molar-refractivity contribution is 5.75. The first kappa shape index (κ1) is 31.6. The predicted molar refractivity (Wildman–Crippen MR) is 122 cm³/mol. The molecular formula is C21H41N3O11. The molecule has 1 aliphatic heterocycles. The van der Waals surface area contributed by atoms with Gasteiger partial charge in [0.1, 0.15) is 48.8 Å². The first-order valence-corrected chi connectivity index (χ1v) is 11.9. The van der Waals surface area contributed by atoms with Gasteiger partial charge in [0, 0.05) is 6.54 Å². The molecule has 0 aromatic heterocycles. The summed E-state index contributed by atoms with van der Waals surface area (Å²) < 4.78 is 10.4. The average molecular weight is 512 g/mol. The van der Waals surface area contributed by atoms with Crippen molar-refractivity contribution in [1.29, 1.82) is 0 Å². The number of nitrogens with zero attached hydrogens (tertiary/aromatic N) is 1. The van der Waals surface area contributed by atoms with Crippen molar-refractivity contribution >= 4 is 12.2 Å². The highest BCUT2D eigenvalue weighted by Crippen LogP contribution is 2.24. The fourth-order valence-electron chi connectivity index (χ4n) is 3.44. The van der Waals surface area contributed by atoms with Crippen LogP contribution in [0.1, 0.15) is 45.4 Å². The van der Waals surface area contributed by atoms with E-state index in [-0.39, 0.29) is 0 Å². The Morgan fingerprint density at radius 3 is 2.31 bits per heavy atom. The van der Waals surface area contributed by atoms with Gasteiger partial charge in [-0.25, -0.2) is 10.2 Å². The second-order valence-electron chi connectivity index (χ2n) is 8.44. The van der Waals surface area contributed by atoms with Crippen molar-refractivity contribution in [3.63, 3.8) is 0 Å². The lowest BCUT2D eigenvalue weighted by molar-refractivity contribution is -0.326. The van der Waals surface area contributed by atoms with Crippen LogP contribution in [0, 0.1) is 0 Å². The lowest BCUT2D eigenvalue weighted by atomic mass is 9.98. The number of hydrazone groups is 1. The molecule has 0 radical (unpaired) electrons. The van der Waals surface area contributed by atoms with E-state index in [2.05, 4.69) is 22.8 Å². The molecule has 0 saturated carbocycles. The van der Waals surface area contributed by atoms with E-state index in [4.69, 9.17) is 9.47 Å². The zero-order valence-electron chi connectivity index (χ0n) is 19.9. The van der Waals surface area contributed by atoms with Crippen LogP contribution in [0.5, 0.6) is 0 Å². The van der Waals surface area contributed by atoms with E-state index in [1.807, 2.05) is 0 Å². The van der Waals surface area contributed by atoms with Gasteiger partial charge in [0.25, 0.3) is 0 Å². The third-order valence-corrected chi connectivity index (χ3v) is 5.60. The maximum Gasteiger partial charge on any atom is 0.335 e. The first-order chi connectivity index (χ1) is 16.7. The molecule has 14 heteroatoms. The summed E-state index contributed by atoms with van der Waals surface area (Å²) in [4.78, 5) is 11.7. The maximum absolute atomic E-state index is 11.7. The Kier molecular flexibility index (Phi) is 15.4. The fraction of sp³-hybridized carbons (Fsp3) is 0.905. The number of unbranched alkanes of at least 4 members (excludes halogenated alkanes) is 5. The topological polar surface area (TPSA) is 234 Å². The second-order valence-corrected chi connectivity index (χ2v) is 8.44. The Labute approximate surface area is 204 Å². The number of aliphatic hydroxyl groups excluding tert-OH is 8. The van der Waals surface area contributed by atoms with Crippen LogP contribution in [0.3, 0.4) is 0 Å². The molecule has 1 saturated heterocycles. The largest absolute Gasteiger partial charge is 0.394 e. The number of nitrogens with one attached hydrogen (secondary N) is 2. The van der Waals surface area contributed by atoms with E-state index in [0.717, 1.165) is 38.3 Å². The Morgan fingerprint density at radius 1 is 1.03 bits per heavy atom. The number of rotatable bonds is 16. The van der Waals surface area contributed by atoms with Crippen molar-refractivity contribution in [3.8, 4) is 0 Å². The third kappa shape index (κ3) is 10.6. The van der Waals surface area contributed by atoms with Crippen molar-refractivity contribution in [2.24, 2.45) is 5.10 Å². The van der Waals surface area contributed by atoms with Crippen molar-refractivity contribution in [2.45, 2.75) is 101 Å². The summed E-state index contributed by atoms with van der Waals surface area (Å²) in [5.41, 5.74) is 2.12. The minimum atomic E-state index is -1.93. The van der Waals surface area contributed by atoms with Gasteiger partial charge in [-0.15, -0.1) is 0 Å². The first-order valence-electron chi connectivity index (χ1n) is 11.9. The molecule has 1 aliphatic rings. The molecule has 0 unspecified atom stereocenters. The van der Waals surface area contributed by atoms with Crippen LogP contribution in [0.25, 0.3) is 0 Å². The number of carbonyl (C=O) groups is 1. The fourth-order valence-corrected chi connectivity index (χ4v) is 3.44. The maximum atomic E-state index is 11.7. The van der Waals surface area contributed by atoms with Crippen molar-refractivity contribution in [3.05, 3.63) is 0 Å². The summed E-state index contributed by atoms with van der Waals surface area (Å²) in [7, 11) is 0. The molecule has 10 N–H and O–H groups in total. The van der Waals surface area contributed by atoms with Gasteiger partial charge in [-0.05, 0) is 6.42 Å². The number of hydrogen-bond acceptors (Lipinski definition) is 12. The molecule has 0 bridgehead atoms. The number of amides is 2. The van der Waals surface area contributed by atoms with E-state index in [1.54, 1.807) is 0 Å². The average Bonchev–Trinajstić information content (AvgIpc) is 2.85. The van der Waals surface area contributed by atoms with E-state index in [1.165, 1.54) is 6.42 Å². The molecule has 1 heterocycles. The zero-order chi connectivity index (χ0) is 26.4. The summed E-state index contributed by atoms with van der Waals surface area (Å²) in [5.74, 6) is 0. The SMILES string of the molecule is CCCCCCCCNC(=O)N/N=C/[C@H](O)[C@@H](O)[C@H](O[C@H]1O[C@H](CO)[C@@H](O)[C@H](O)[C@H]1O)[C@H](O)CO. The molecule has 206 valence electrons. The summed E-state index contributed by atoms with van der Waals surface area (Å²) >= 11 is 0. The molecule has 1 rings (SSSR count). The molecule has 14 nitrogen and oxygen atoms in total. The Morgan fingerprint density at radius 2 is 1.69 bits per heavy atom. The number of hydrogen-bond donors (Lipinski definition) is 10. The number of carbonyl (C=O) groups excluding carboxylic acids is 1. The van der Waals surface area contributed by atoms with Crippen LogP contribution in [0.2, 0.25) is 0 Å². The number of urea groups is 1. The molecule has 1 fully saturated rings. The van der Waals surface area contributed by atoms with Crippen molar-refractivity contribution in [1.82, 2.24) is 10.7 Å². The Hall–Kier alpha value is -1.46.